The third kappa shape index (κ3) is 4.42. The molecule has 0 bridgehead atoms. The molecule has 0 atom stereocenters. The number of fused-ring (bicyclic) bond motifs is 2. The second-order valence-electron chi connectivity index (χ2n) is 8.20. The fraction of sp³-hybridized carbons (Fsp3) is 0.111. The lowest BCUT2D eigenvalue weighted by molar-refractivity contribution is 0.0952. The first-order chi connectivity index (χ1) is 15.9. The van der Waals surface area contributed by atoms with Gasteiger partial charge in [-0.25, -0.2) is 4.98 Å². The van der Waals surface area contributed by atoms with E-state index >= 15 is 0 Å². The third-order valence-electron chi connectivity index (χ3n) is 5.78. The number of pyridine rings is 1. The van der Waals surface area contributed by atoms with E-state index in [2.05, 4.69) is 85.8 Å². The van der Waals surface area contributed by atoms with Crippen molar-refractivity contribution in [1.29, 1.82) is 0 Å². The number of carbonyl (C=O) groups excluding carboxylic acids is 1. The summed E-state index contributed by atoms with van der Waals surface area (Å²) in [5.74, 6) is -0.104. The molecule has 0 saturated carbocycles. The first-order valence-electron chi connectivity index (χ1n) is 10.6. The van der Waals surface area contributed by atoms with Crippen LogP contribution in [-0.2, 0) is 13.6 Å². The molecule has 2 aromatic heterocycles. The number of carbonyl (C=O) groups is 1. The van der Waals surface area contributed by atoms with E-state index < -0.39 is 0 Å². The number of halogens is 2. The van der Waals surface area contributed by atoms with E-state index in [1.54, 1.807) is 0 Å². The lowest BCUT2D eigenvalue weighted by Gasteiger charge is -2.11. The van der Waals surface area contributed by atoms with E-state index in [0.29, 0.717) is 12.1 Å². The van der Waals surface area contributed by atoms with E-state index in [1.165, 1.54) is 5.56 Å². The van der Waals surface area contributed by atoms with Gasteiger partial charge < -0.3 is 9.88 Å². The number of nitrogens with zero attached hydrogens (tertiary/aromatic N) is 2. The van der Waals surface area contributed by atoms with Crippen LogP contribution in [0.2, 0.25) is 0 Å². The minimum atomic E-state index is -0.104. The normalized spacial score (nSPS) is 11.3. The smallest absolute Gasteiger partial charge is 0.252 e. The number of benzene rings is 3. The van der Waals surface area contributed by atoms with Crippen molar-refractivity contribution < 1.29 is 4.79 Å². The van der Waals surface area contributed by atoms with Gasteiger partial charge in [-0.15, -0.1) is 0 Å². The molecule has 5 aromatic rings. The van der Waals surface area contributed by atoms with Crippen molar-refractivity contribution in [3.63, 3.8) is 0 Å². The molecule has 0 radical (unpaired) electrons. The van der Waals surface area contributed by atoms with Gasteiger partial charge in [-0.1, -0.05) is 51.8 Å². The van der Waals surface area contributed by atoms with Crippen LogP contribution in [0.15, 0.2) is 77.4 Å². The van der Waals surface area contributed by atoms with E-state index in [9.17, 15) is 4.79 Å². The quantitative estimate of drug-likeness (QED) is 0.223. The Morgan fingerprint density at radius 2 is 1.91 bits per heavy atom. The molecular weight excluding hydrogens is 589 g/mol. The van der Waals surface area contributed by atoms with Crippen LogP contribution >= 0.6 is 38.5 Å². The van der Waals surface area contributed by atoms with Gasteiger partial charge in [-0.2, -0.15) is 0 Å². The van der Waals surface area contributed by atoms with Crippen LogP contribution in [0.5, 0.6) is 0 Å². The van der Waals surface area contributed by atoms with Gasteiger partial charge in [0.15, 0.2) is 0 Å². The molecule has 6 heteroatoms. The Morgan fingerprint density at radius 3 is 2.73 bits per heavy atom. The fourth-order valence-corrected chi connectivity index (χ4v) is 5.03. The number of aryl methyl sites for hydroxylation is 2. The molecule has 0 aliphatic carbocycles. The molecule has 0 aliphatic heterocycles. The maximum atomic E-state index is 13.4. The zero-order chi connectivity index (χ0) is 23.1. The third-order valence-corrected chi connectivity index (χ3v) is 6.94. The summed E-state index contributed by atoms with van der Waals surface area (Å²) in [5, 5.41) is 5.04. The molecule has 1 N–H and O–H groups in total. The molecule has 2 heterocycles. The van der Waals surface area contributed by atoms with Crippen molar-refractivity contribution in [2.75, 3.05) is 0 Å². The van der Waals surface area contributed by atoms with Gasteiger partial charge in [0.2, 0.25) is 0 Å². The Hall–Kier alpha value is -2.71. The van der Waals surface area contributed by atoms with Crippen LogP contribution in [0.4, 0.5) is 0 Å². The van der Waals surface area contributed by atoms with Crippen molar-refractivity contribution in [3.8, 4) is 11.3 Å². The molecule has 0 saturated heterocycles. The van der Waals surface area contributed by atoms with Crippen LogP contribution in [0, 0.1) is 10.5 Å². The molecule has 5 rings (SSSR count). The fourth-order valence-electron chi connectivity index (χ4n) is 4.20. The summed E-state index contributed by atoms with van der Waals surface area (Å²) in [6.45, 7) is 2.53. The van der Waals surface area contributed by atoms with Gasteiger partial charge >= 0.3 is 0 Å². The van der Waals surface area contributed by atoms with Crippen molar-refractivity contribution in [1.82, 2.24) is 14.9 Å². The highest BCUT2D eigenvalue weighted by Crippen LogP contribution is 2.33. The van der Waals surface area contributed by atoms with Gasteiger partial charge in [0.25, 0.3) is 5.91 Å². The predicted molar refractivity (Wildman–Crippen MR) is 146 cm³/mol. The van der Waals surface area contributed by atoms with Crippen molar-refractivity contribution in [2.45, 2.75) is 13.5 Å². The van der Waals surface area contributed by atoms with Crippen LogP contribution in [0.3, 0.4) is 0 Å². The number of nitrogens with one attached hydrogen (secondary N) is 1. The highest BCUT2D eigenvalue weighted by atomic mass is 127. The van der Waals surface area contributed by atoms with Gasteiger partial charge in [0.1, 0.15) is 0 Å². The summed E-state index contributed by atoms with van der Waals surface area (Å²) in [4.78, 5) is 18.3. The zero-order valence-corrected chi connectivity index (χ0v) is 21.9. The molecule has 33 heavy (non-hydrogen) atoms. The Bertz CT molecular complexity index is 1540. The molecule has 0 aliphatic rings. The minimum Gasteiger partial charge on any atom is -0.350 e. The summed E-state index contributed by atoms with van der Waals surface area (Å²) in [6, 6.07) is 22.3. The summed E-state index contributed by atoms with van der Waals surface area (Å²) in [5.41, 5.74) is 6.60. The van der Waals surface area contributed by atoms with Crippen LogP contribution in [0.25, 0.3) is 33.1 Å². The number of aromatic nitrogens is 2. The average molecular weight is 610 g/mol. The van der Waals surface area contributed by atoms with Crippen molar-refractivity contribution in [3.05, 3.63) is 97.7 Å². The summed E-state index contributed by atoms with van der Waals surface area (Å²) in [7, 11) is 2.03. The lowest BCUT2D eigenvalue weighted by Crippen LogP contribution is -2.23. The SMILES string of the molecule is Cc1cccc(CNC(=O)c2cc(-c3cn(C)c4ccc(Br)cc34)nc3cc(I)ccc23)c1. The van der Waals surface area contributed by atoms with Gasteiger partial charge in [0.05, 0.1) is 16.8 Å². The molecule has 4 nitrogen and oxygen atoms in total. The Kier molecular flexibility index (Phi) is 5.97. The van der Waals surface area contributed by atoms with Gasteiger partial charge in [-0.3, -0.25) is 4.79 Å². The van der Waals surface area contributed by atoms with Gasteiger partial charge in [-0.05, 0) is 71.5 Å². The Morgan fingerprint density at radius 1 is 1.06 bits per heavy atom. The second-order valence-corrected chi connectivity index (χ2v) is 10.4. The Labute approximate surface area is 214 Å². The summed E-state index contributed by atoms with van der Waals surface area (Å²) < 4.78 is 4.18. The first kappa shape index (κ1) is 22.1. The number of amides is 1. The van der Waals surface area contributed by atoms with Gasteiger partial charge in [0, 0.05) is 49.7 Å². The van der Waals surface area contributed by atoms with Crippen LogP contribution < -0.4 is 5.32 Å². The second kappa shape index (κ2) is 8.91. The maximum Gasteiger partial charge on any atom is 0.252 e. The average Bonchev–Trinajstić information content (AvgIpc) is 3.12. The number of hydrogen-bond donors (Lipinski definition) is 1. The van der Waals surface area contributed by atoms with Crippen molar-refractivity contribution in [2.24, 2.45) is 7.05 Å². The molecule has 1 amide bonds. The van der Waals surface area contributed by atoms with E-state index in [-0.39, 0.29) is 5.91 Å². The first-order valence-corrected chi connectivity index (χ1v) is 12.5. The molecule has 0 spiro atoms. The highest BCUT2D eigenvalue weighted by Gasteiger charge is 2.17. The summed E-state index contributed by atoms with van der Waals surface area (Å²) in [6.07, 6.45) is 2.08. The van der Waals surface area contributed by atoms with Crippen LogP contribution in [0.1, 0.15) is 21.5 Å². The summed E-state index contributed by atoms with van der Waals surface area (Å²) >= 11 is 5.87. The van der Waals surface area contributed by atoms with Crippen LogP contribution in [-0.4, -0.2) is 15.5 Å². The number of rotatable bonds is 4. The van der Waals surface area contributed by atoms with Crippen molar-refractivity contribution >= 4 is 66.2 Å². The monoisotopic (exact) mass is 609 g/mol. The molecule has 0 fully saturated rings. The predicted octanol–water partition coefficient (Wildman–Crippen LogP) is 7.00. The van der Waals surface area contributed by atoms with E-state index in [1.807, 2.05) is 49.5 Å². The van der Waals surface area contributed by atoms with E-state index in [0.717, 1.165) is 46.7 Å². The number of hydrogen-bond acceptors (Lipinski definition) is 2. The maximum absolute atomic E-state index is 13.4. The zero-order valence-electron chi connectivity index (χ0n) is 18.2. The molecule has 0 unspecified atom stereocenters. The Balaban J connectivity index is 1.62. The molecular formula is C27H21BrIN3O. The lowest BCUT2D eigenvalue weighted by atomic mass is 10.0. The highest BCUT2D eigenvalue weighted by molar-refractivity contribution is 14.1. The molecule has 164 valence electrons. The topological polar surface area (TPSA) is 46.9 Å². The van der Waals surface area contributed by atoms with E-state index in [4.69, 9.17) is 4.98 Å². The standard InChI is InChI=1S/C27H21BrIN3O/c1-16-4-3-5-17(10-16)14-30-27(33)22-13-25(31-24-12-19(29)7-8-20(22)24)23-15-32(2)26-9-6-18(28)11-21(23)26/h3-13,15H,14H2,1-2H3,(H,30,33). The minimum absolute atomic E-state index is 0.104. The molecule has 3 aromatic carbocycles. The largest absolute Gasteiger partial charge is 0.350 e.